The van der Waals surface area contributed by atoms with Gasteiger partial charge >= 0.3 is 0 Å². The Labute approximate surface area is 197 Å². The molecule has 0 saturated heterocycles. The molecule has 0 bridgehead atoms. The fraction of sp³-hybridized carbons (Fsp3) is 0.185. The van der Waals surface area contributed by atoms with Crippen molar-refractivity contribution in [3.63, 3.8) is 0 Å². The van der Waals surface area contributed by atoms with Crippen LogP contribution in [-0.2, 0) is 4.79 Å². The van der Waals surface area contributed by atoms with Gasteiger partial charge in [-0.3, -0.25) is 4.79 Å². The molecule has 3 aromatic carbocycles. The van der Waals surface area contributed by atoms with Crippen molar-refractivity contribution in [2.75, 3.05) is 18.1 Å². The highest BCUT2D eigenvalue weighted by atomic mass is 32.1. The number of ether oxygens (including phenoxy) is 2. The number of benzene rings is 3. The Hall–Kier alpha value is -3.64. The van der Waals surface area contributed by atoms with E-state index in [1.54, 1.807) is 18.3 Å². The molecule has 1 aliphatic heterocycles. The molecule has 0 saturated carbocycles. The summed E-state index contributed by atoms with van der Waals surface area (Å²) in [5.74, 6) is 1.51. The zero-order valence-corrected chi connectivity index (χ0v) is 19.1. The molecule has 5 nitrogen and oxygen atoms in total. The molecule has 5 rings (SSSR count). The zero-order valence-electron chi connectivity index (χ0n) is 18.3. The molecule has 33 heavy (non-hydrogen) atoms. The van der Waals surface area contributed by atoms with Gasteiger partial charge in [-0.05, 0) is 43.7 Å². The highest BCUT2D eigenvalue weighted by Gasteiger charge is 2.31. The number of hydrogen-bond acceptors (Lipinski definition) is 5. The molecule has 1 aromatic heterocycles. The van der Waals surface area contributed by atoms with Crippen LogP contribution in [-0.4, -0.2) is 30.1 Å². The number of hydrogen-bond donors (Lipinski definition) is 0. The van der Waals surface area contributed by atoms with E-state index in [1.165, 1.54) is 0 Å². The van der Waals surface area contributed by atoms with E-state index >= 15 is 0 Å². The van der Waals surface area contributed by atoms with Crippen LogP contribution in [0.4, 0.5) is 5.69 Å². The van der Waals surface area contributed by atoms with Gasteiger partial charge in [0.05, 0.1) is 18.0 Å². The molecule has 4 aromatic rings. The van der Waals surface area contributed by atoms with E-state index in [-0.39, 0.29) is 5.91 Å². The van der Waals surface area contributed by atoms with E-state index in [4.69, 9.17) is 14.5 Å². The quantitative estimate of drug-likeness (QED) is 0.317. The molecule has 0 aliphatic carbocycles. The molecule has 0 spiro atoms. The first-order valence-corrected chi connectivity index (χ1v) is 11.9. The van der Waals surface area contributed by atoms with Crippen molar-refractivity contribution in [2.45, 2.75) is 19.4 Å². The number of amides is 1. The first-order chi connectivity index (χ1) is 16.2. The van der Waals surface area contributed by atoms with Crippen LogP contribution in [0.1, 0.15) is 13.3 Å². The highest BCUT2D eigenvalue weighted by molar-refractivity contribution is 7.13. The molecule has 0 radical (unpaired) electrons. The SMILES string of the molecule is CC1Oc2ccc(-c3csc(-c4ccccc4)n3)cc2N(CCCOc2ccccc2)C1=O. The largest absolute Gasteiger partial charge is 0.494 e. The number of anilines is 1. The van der Waals surface area contributed by atoms with Crippen LogP contribution in [0.5, 0.6) is 11.5 Å². The Balaban J connectivity index is 1.35. The molecular weight excluding hydrogens is 432 g/mol. The lowest BCUT2D eigenvalue weighted by molar-refractivity contribution is -0.125. The van der Waals surface area contributed by atoms with Crippen molar-refractivity contribution < 1.29 is 14.3 Å². The molecular formula is C27H24N2O3S. The molecule has 1 aliphatic rings. The molecule has 2 heterocycles. The van der Waals surface area contributed by atoms with Gasteiger partial charge in [0.25, 0.3) is 5.91 Å². The average Bonchev–Trinajstić information content (AvgIpc) is 3.35. The van der Waals surface area contributed by atoms with Gasteiger partial charge in [0, 0.05) is 23.1 Å². The van der Waals surface area contributed by atoms with E-state index in [2.05, 4.69) is 17.5 Å². The number of carbonyl (C=O) groups excluding carboxylic acids is 1. The van der Waals surface area contributed by atoms with Gasteiger partial charge in [-0.25, -0.2) is 4.98 Å². The predicted octanol–water partition coefficient (Wildman–Crippen LogP) is 6.06. The minimum atomic E-state index is -0.512. The van der Waals surface area contributed by atoms with E-state index in [9.17, 15) is 4.79 Å². The maximum absolute atomic E-state index is 12.9. The Morgan fingerprint density at radius 3 is 2.55 bits per heavy atom. The van der Waals surface area contributed by atoms with Crippen molar-refractivity contribution >= 4 is 22.9 Å². The number of rotatable bonds is 7. The summed E-state index contributed by atoms with van der Waals surface area (Å²) in [4.78, 5) is 19.6. The summed E-state index contributed by atoms with van der Waals surface area (Å²) in [5.41, 5.74) is 3.73. The molecule has 6 heteroatoms. The first-order valence-electron chi connectivity index (χ1n) is 11.0. The molecule has 1 atom stereocenters. The number of para-hydroxylation sites is 1. The maximum Gasteiger partial charge on any atom is 0.267 e. The minimum Gasteiger partial charge on any atom is -0.494 e. The third kappa shape index (κ3) is 4.61. The number of thiazole rings is 1. The van der Waals surface area contributed by atoms with Crippen LogP contribution in [0, 0.1) is 0 Å². The predicted molar refractivity (Wildman–Crippen MR) is 132 cm³/mol. The number of nitrogens with zero attached hydrogens (tertiary/aromatic N) is 2. The lowest BCUT2D eigenvalue weighted by Crippen LogP contribution is -2.45. The summed E-state index contributed by atoms with van der Waals surface area (Å²) in [5, 5.41) is 3.02. The first kappa shape index (κ1) is 21.2. The lowest BCUT2D eigenvalue weighted by Gasteiger charge is -2.33. The van der Waals surface area contributed by atoms with Crippen LogP contribution >= 0.6 is 11.3 Å². The molecule has 166 valence electrons. The Kier molecular flexibility index (Phi) is 6.09. The second-order valence-electron chi connectivity index (χ2n) is 7.85. The van der Waals surface area contributed by atoms with E-state index < -0.39 is 6.10 Å². The molecule has 1 unspecified atom stereocenters. The monoisotopic (exact) mass is 456 g/mol. The van der Waals surface area contributed by atoms with Gasteiger partial charge in [0.2, 0.25) is 0 Å². The lowest BCUT2D eigenvalue weighted by atomic mass is 10.1. The number of carbonyl (C=O) groups is 1. The van der Waals surface area contributed by atoms with E-state index in [0.29, 0.717) is 25.3 Å². The third-order valence-electron chi connectivity index (χ3n) is 5.53. The van der Waals surface area contributed by atoms with Gasteiger partial charge in [0.15, 0.2) is 6.10 Å². The smallest absolute Gasteiger partial charge is 0.267 e. The second kappa shape index (κ2) is 9.46. The van der Waals surface area contributed by atoms with Crippen LogP contribution in [0.15, 0.2) is 84.2 Å². The summed E-state index contributed by atoms with van der Waals surface area (Å²) < 4.78 is 11.7. The van der Waals surface area contributed by atoms with Gasteiger partial charge in [-0.15, -0.1) is 11.3 Å². The highest BCUT2D eigenvalue weighted by Crippen LogP contribution is 2.38. The van der Waals surface area contributed by atoms with Gasteiger partial charge < -0.3 is 14.4 Å². The maximum atomic E-state index is 12.9. The average molecular weight is 457 g/mol. The van der Waals surface area contributed by atoms with Crippen LogP contribution in [0.3, 0.4) is 0 Å². The minimum absolute atomic E-state index is 0.0392. The fourth-order valence-corrected chi connectivity index (χ4v) is 4.68. The van der Waals surface area contributed by atoms with Crippen LogP contribution in [0.2, 0.25) is 0 Å². The van der Waals surface area contributed by atoms with Crippen molar-refractivity contribution in [3.05, 3.63) is 84.2 Å². The van der Waals surface area contributed by atoms with E-state index in [1.807, 2.05) is 71.6 Å². The normalized spacial score (nSPS) is 15.1. The van der Waals surface area contributed by atoms with Crippen molar-refractivity contribution in [1.82, 2.24) is 4.98 Å². The molecule has 0 fully saturated rings. The number of fused-ring (bicyclic) bond motifs is 1. The molecule has 1 amide bonds. The van der Waals surface area contributed by atoms with Crippen molar-refractivity contribution in [2.24, 2.45) is 0 Å². The second-order valence-corrected chi connectivity index (χ2v) is 8.71. The van der Waals surface area contributed by atoms with Crippen LogP contribution < -0.4 is 14.4 Å². The Bertz CT molecular complexity index is 1240. The zero-order chi connectivity index (χ0) is 22.6. The molecule has 0 N–H and O–H groups in total. The summed E-state index contributed by atoms with van der Waals surface area (Å²) in [6.45, 7) is 2.88. The number of aromatic nitrogens is 1. The van der Waals surface area contributed by atoms with Gasteiger partial charge in [-0.2, -0.15) is 0 Å². The standard InChI is InChI=1S/C27H24N2O3S/c1-19-27(30)29(15-8-16-31-22-11-6-3-7-12-22)24-17-21(13-14-25(24)32-19)23-18-33-26(28-23)20-9-4-2-5-10-20/h2-7,9-14,17-19H,8,15-16H2,1H3. The fourth-order valence-electron chi connectivity index (χ4n) is 3.85. The van der Waals surface area contributed by atoms with Crippen molar-refractivity contribution in [3.8, 4) is 33.3 Å². The van der Waals surface area contributed by atoms with Gasteiger partial charge in [-0.1, -0.05) is 48.5 Å². The van der Waals surface area contributed by atoms with Crippen LogP contribution in [0.25, 0.3) is 21.8 Å². The van der Waals surface area contributed by atoms with E-state index in [0.717, 1.165) is 33.3 Å². The third-order valence-corrected chi connectivity index (χ3v) is 6.42. The summed E-state index contributed by atoms with van der Waals surface area (Å²) in [6, 6.07) is 25.8. The topological polar surface area (TPSA) is 51.7 Å². The van der Waals surface area contributed by atoms with Crippen molar-refractivity contribution in [1.29, 1.82) is 0 Å². The summed E-state index contributed by atoms with van der Waals surface area (Å²) in [7, 11) is 0. The summed E-state index contributed by atoms with van der Waals surface area (Å²) >= 11 is 1.61. The Morgan fingerprint density at radius 1 is 1.00 bits per heavy atom. The summed E-state index contributed by atoms with van der Waals surface area (Å²) in [6.07, 6.45) is 0.202. The Morgan fingerprint density at radius 2 is 1.76 bits per heavy atom. The van der Waals surface area contributed by atoms with Gasteiger partial charge in [0.1, 0.15) is 16.5 Å².